The van der Waals surface area contributed by atoms with Crippen LogP contribution in [0.2, 0.25) is 0 Å². The summed E-state index contributed by atoms with van der Waals surface area (Å²) in [5, 5.41) is 0. The molecule has 26 heavy (non-hydrogen) atoms. The number of carbonyl (C=O) groups excluding carboxylic acids is 3. The van der Waals surface area contributed by atoms with E-state index in [0.29, 0.717) is 31.2 Å². The summed E-state index contributed by atoms with van der Waals surface area (Å²) in [6.07, 6.45) is 1.81. The summed E-state index contributed by atoms with van der Waals surface area (Å²) in [7, 11) is 0. The summed E-state index contributed by atoms with van der Waals surface area (Å²) >= 11 is 0. The highest BCUT2D eigenvalue weighted by Crippen LogP contribution is 2.24. The van der Waals surface area contributed by atoms with Gasteiger partial charge >= 0.3 is 5.97 Å². The maximum absolute atomic E-state index is 12.6. The number of furan rings is 1. The zero-order chi connectivity index (χ0) is 19.5. The minimum atomic E-state index is -0.579. The van der Waals surface area contributed by atoms with Crippen LogP contribution in [0.5, 0.6) is 0 Å². The van der Waals surface area contributed by atoms with Crippen LogP contribution >= 0.6 is 0 Å². The molecule has 2 amide bonds. The van der Waals surface area contributed by atoms with Crippen molar-refractivity contribution < 1.29 is 23.5 Å². The van der Waals surface area contributed by atoms with Crippen LogP contribution in [0.3, 0.4) is 0 Å². The average Bonchev–Trinajstić information content (AvgIpc) is 3.02. The fraction of sp³-hybridized carbons (Fsp3) is 0.526. The van der Waals surface area contributed by atoms with Crippen molar-refractivity contribution in [3.8, 4) is 0 Å². The number of ether oxygens (including phenoxy) is 1. The zero-order valence-corrected chi connectivity index (χ0v) is 15.8. The van der Waals surface area contributed by atoms with Crippen LogP contribution in [-0.2, 0) is 25.5 Å². The standard InChI is InChI=1S/C19H26N2O5/c1-6-15(22)20-11-12-21(18(24)13(20)2)16-9-7-14(25-16)8-10-17(23)26-19(3,4)5/h6-7,9,13H,1,8,10-12H2,2-5H3/t13-/m0/s1. The number of esters is 1. The maximum atomic E-state index is 12.6. The number of aryl methyl sites for hydroxylation is 1. The van der Waals surface area contributed by atoms with Crippen LogP contribution in [0.15, 0.2) is 29.2 Å². The van der Waals surface area contributed by atoms with E-state index in [9.17, 15) is 14.4 Å². The summed E-state index contributed by atoms with van der Waals surface area (Å²) in [6.45, 7) is 11.4. The molecule has 0 unspecified atom stereocenters. The monoisotopic (exact) mass is 362 g/mol. The zero-order valence-electron chi connectivity index (χ0n) is 15.8. The van der Waals surface area contributed by atoms with Crippen molar-refractivity contribution in [2.24, 2.45) is 0 Å². The summed E-state index contributed by atoms with van der Waals surface area (Å²) in [4.78, 5) is 39.1. The topological polar surface area (TPSA) is 80.1 Å². The molecule has 142 valence electrons. The van der Waals surface area contributed by atoms with Gasteiger partial charge in [0.1, 0.15) is 17.4 Å². The third kappa shape index (κ3) is 4.74. The van der Waals surface area contributed by atoms with Crippen LogP contribution < -0.4 is 4.90 Å². The quantitative estimate of drug-likeness (QED) is 0.593. The molecule has 1 fully saturated rings. The number of hydrogen-bond donors (Lipinski definition) is 0. The Hall–Kier alpha value is -2.57. The van der Waals surface area contributed by atoms with Gasteiger partial charge in [0.15, 0.2) is 0 Å². The Morgan fingerprint density at radius 1 is 1.35 bits per heavy atom. The van der Waals surface area contributed by atoms with E-state index in [2.05, 4.69) is 6.58 Å². The molecule has 0 saturated carbocycles. The molecule has 1 aromatic heterocycles. The smallest absolute Gasteiger partial charge is 0.306 e. The van der Waals surface area contributed by atoms with Gasteiger partial charge in [-0.1, -0.05) is 6.58 Å². The van der Waals surface area contributed by atoms with Gasteiger partial charge in [-0.15, -0.1) is 0 Å². The number of nitrogens with zero attached hydrogens (tertiary/aromatic N) is 2. The molecular formula is C19H26N2O5. The molecule has 0 N–H and O–H groups in total. The van der Waals surface area contributed by atoms with Gasteiger partial charge in [0.25, 0.3) is 5.91 Å². The molecule has 0 aliphatic carbocycles. The Balaban J connectivity index is 1.97. The van der Waals surface area contributed by atoms with Gasteiger partial charge in [0.2, 0.25) is 11.8 Å². The third-order valence-corrected chi connectivity index (χ3v) is 4.02. The third-order valence-electron chi connectivity index (χ3n) is 4.02. The average molecular weight is 362 g/mol. The van der Waals surface area contributed by atoms with Gasteiger partial charge in [0.05, 0.1) is 6.42 Å². The molecule has 1 atom stereocenters. The van der Waals surface area contributed by atoms with Gasteiger partial charge in [0, 0.05) is 25.6 Å². The fourth-order valence-electron chi connectivity index (χ4n) is 2.77. The first-order chi connectivity index (χ1) is 12.1. The highest BCUT2D eigenvalue weighted by atomic mass is 16.6. The summed E-state index contributed by atoms with van der Waals surface area (Å²) < 4.78 is 11.0. The predicted molar refractivity (Wildman–Crippen MR) is 96.6 cm³/mol. The maximum Gasteiger partial charge on any atom is 0.306 e. The van der Waals surface area contributed by atoms with E-state index in [-0.39, 0.29) is 24.2 Å². The number of amides is 2. The number of piperazine rings is 1. The molecule has 7 nitrogen and oxygen atoms in total. The molecule has 0 radical (unpaired) electrons. The molecule has 1 aliphatic heterocycles. The number of carbonyl (C=O) groups is 3. The molecule has 7 heteroatoms. The van der Waals surface area contributed by atoms with Crippen molar-refractivity contribution in [1.29, 1.82) is 0 Å². The minimum Gasteiger partial charge on any atom is -0.460 e. The van der Waals surface area contributed by atoms with Gasteiger partial charge < -0.3 is 14.1 Å². The summed E-state index contributed by atoms with van der Waals surface area (Å²) in [5.74, 6) is 0.266. The van der Waals surface area contributed by atoms with Crippen LogP contribution in [0.4, 0.5) is 5.88 Å². The summed E-state index contributed by atoms with van der Waals surface area (Å²) in [6, 6.07) is 2.88. The van der Waals surface area contributed by atoms with Crippen LogP contribution in [0, 0.1) is 0 Å². The van der Waals surface area contributed by atoms with Crippen molar-refractivity contribution >= 4 is 23.7 Å². The fourth-order valence-corrected chi connectivity index (χ4v) is 2.77. The Morgan fingerprint density at radius 3 is 2.65 bits per heavy atom. The van der Waals surface area contributed by atoms with E-state index in [1.54, 1.807) is 19.1 Å². The Kier molecular flexibility index (Phi) is 5.90. The van der Waals surface area contributed by atoms with Gasteiger partial charge in [-0.2, -0.15) is 0 Å². The SMILES string of the molecule is C=CC(=O)N1CCN(c2ccc(CCC(=O)OC(C)(C)C)o2)C(=O)[C@@H]1C. The molecule has 1 aliphatic rings. The second-order valence-electron chi connectivity index (χ2n) is 7.23. The van der Waals surface area contributed by atoms with E-state index in [0.717, 1.165) is 0 Å². The van der Waals surface area contributed by atoms with E-state index in [4.69, 9.17) is 9.15 Å². The van der Waals surface area contributed by atoms with Crippen LogP contribution in [-0.4, -0.2) is 47.4 Å². The first-order valence-corrected chi connectivity index (χ1v) is 8.67. The second kappa shape index (κ2) is 7.76. The Morgan fingerprint density at radius 2 is 2.04 bits per heavy atom. The molecule has 2 heterocycles. The summed E-state index contributed by atoms with van der Waals surface area (Å²) in [5.41, 5.74) is -0.517. The number of rotatable bonds is 5. The van der Waals surface area contributed by atoms with Crippen molar-refractivity contribution in [1.82, 2.24) is 4.90 Å². The lowest BCUT2D eigenvalue weighted by molar-refractivity contribution is -0.154. The number of anilines is 1. The molecule has 0 spiro atoms. The van der Waals surface area contributed by atoms with Crippen LogP contribution in [0.25, 0.3) is 0 Å². The van der Waals surface area contributed by atoms with E-state index < -0.39 is 11.6 Å². The predicted octanol–water partition coefficient (Wildman–Crippen LogP) is 2.30. The van der Waals surface area contributed by atoms with Crippen LogP contribution in [0.1, 0.15) is 39.9 Å². The van der Waals surface area contributed by atoms with E-state index in [1.165, 1.54) is 15.9 Å². The van der Waals surface area contributed by atoms with Crippen molar-refractivity contribution in [3.63, 3.8) is 0 Å². The lowest BCUT2D eigenvalue weighted by atomic mass is 10.1. The highest BCUT2D eigenvalue weighted by Gasteiger charge is 2.35. The molecule has 0 aromatic carbocycles. The normalized spacial score (nSPS) is 18.0. The molecule has 0 bridgehead atoms. The second-order valence-corrected chi connectivity index (χ2v) is 7.23. The molecule has 1 saturated heterocycles. The highest BCUT2D eigenvalue weighted by molar-refractivity contribution is 6.00. The van der Waals surface area contributed by atoms with Crippen molar-refractivity contribution in [3.05, 3.63) is 30.5 Å². The first kappa shape index (κ1) is 19.8. The van der Waals surface area contributed by atoms with Crippen molar-refractivity contribution in [2.75, 3.05) is 18.0 Å². The Bertz CT molecular complexity index is 701. The molecule has 1 aromatic rings. The van der Waals surface area contributed by atoms with Gasteiger partial charge in [-0.05, 0) is 39.8 Å². The van der Waals surface area contributed by atoms with Crippen molar-refractivity contribution in [2.45, 2.75) is 52.2 Å². The van der Waals surface area contributed by atoms with E-state index >= 15 is 0 Å². The molecule has 2 rings (SSSR count). The largest absolute Gasteiger partial charge is 0.460 e. The first-order valence-electron chi connectivity index (χ1n) is 8.67. The Labute approximate surface area is 153 Å². The lowest BCUT2D eigenvalue weighted by Gasteiger charge is -2.37. The minimum absolute atomic E-state index is 0.205. The number of hydrogen-bond acceptors (Lipinski definition) is 5. The lowest BCUT2D eigenvalue weighted by Crippen LogP contribution is -2.57. The van der Waals surface area contributed by atoms with E-state index in [1.807, 2.05) is 20.8 Å². The van der Waals surface area contributed by atoms with Gasteiger partial charge in [-0.3, -0.25) is 19.3 Å². The molecular weight excluding hydrogens is 336 g/mol. The van der Waals surface area contributed by atoms with Gasteiger partial charge in [-0.25, -0.2) is 0 Å².